The first-order chi connectivity index (χ1) is 18.7. The number of nitrogens with zero attached hydrogens (tertiary/aromatic N) is 1. The third-order valence-corrected chi connectivity index (χ3v) is 10.9. The van der Waals surface area contributed by atoms with E-state index in [2.05, 4.69) is 19.2 Å². The predicted molar refractivity (Wildman–Crippen MR) is 152 cm³/mol. The van der Waals surface area contributed by atoms with Crippen LogP contribution in [0.15, 0.2) is 48.5 Å². The number of carbonyl (C=O) groups excluding carboxylic acids is 1. The Bertz CT molecular complexity index is 1210. The molecule has 6 nitrogen and oxygen atoms in total. The molecule has 0 aromatic heterocycles. The standard InChI is InChI=1S/C31H43FN2O4S/c1-4-9-27(10-5-2)33-30(35)31(17-19-38-20-18-31)26-15-14-25(28(32)21-26)22-34-23(3)13-16-29(39(34,36)37)24-11-7-6-8-12-24/h6-8,11-12,14-15,21,23,27,29H,4-5,9-10,13,16-20,22H2,1-3H3,(H,33,35)/t23-,29+/m0/s1. The van der Waals surface area contributed by atoms with Crippen LogP contribution in [-0.4, -0.2) is 43.9 Å². The maximum Gasteiger partial charge on any atom is 0.231 e. The number of benzene rings is 2. The minimum atomic E-state index is -3.68. The predicted octanol–water partition coefficient (Wildman–Crippen LogP) is 6.01. The van der Waals surface area contributed by atoms with Gasteiger partial charge in [-0.2, -0.15) is 4.31 Å². The van der Waals surface area contributed by atoms with Crippen LogP contribution in [-0.2, 0) is 31.5 Å². The van der Waals surface area contributed by atoms with E-state index in [1.807, 2.05) is 43.3 Å². The fourth-order valence-electron chi connectivity index (χ4n) is 6.17. The largest absolute Gasteiger partial charge is 0.381 e. The number of hydrogen-bond acceptors (Lipinski definition) is 4. The van der Waals surface area contributed by atoms with Crippen LogP contribution in [0.2, 0.25) is 0 Å². The number of hydrogen-bond donors (Lipinski definition) is 1. The fraction of sp³-hybridized carbons (Fsp3) is 0.581. The van der Waals surface area contributed by atoms with Gasteiger partial charge in [0, 0.05) is 37.4 Å². The van der Waals surface area contributed by atoms with Gasteiger partial charge >= 0.3 is 0 Å². The van der Waals surface area contributed by atoms with Gasteiger partial charge < -0.3 is 10.1 Å². The molecular formula is C31H43FN2O4S. The molecule has 0 saturated carbocycles. The molecule has 39 heavy (non-hydrogen) atoms. The molecule has 1 N–H and O–H groups in total. The second kappa shape index (κ2) is 12.9. The minimum absolute atomic E-state index is 0.0314. The van der Waals surface area contributed by atoms with Gasteiger partial charge in [-0.1, -0.05) is 69.2 Å². The Labute approximate surface area is 233 Å². The van der Waals surface area contributed by atoms with Crippen LogP contribution in [0.1, 0.15) is 94.1 Å². The Morgan fingerprint density at radius 1 is 1.08 bits per heavy atom. The summed E-state index contributed by atoms with van der Waals surface area (Å²) in [5.74, 6) is -0.545. The highest BCUT2D eigenvalue weighted by atomic mass is 32.2. The van der Waals surface area contributed by atoms with Gasteiger partial charge in [-0.3, -0.25) is 4.79 Å². The fourth-order valence-corrected chi connectivity index (χ4v) is 8.36. The molecule has 0 unspecified atom stereocenters. The van der Waals surface area contributed by atoms with E-state index in [1.165, 1.54) is 10.4 Å². The zero-order chi connectivity index (χ0) is 28.0. The van der Waals surface area contributed by atoms with Crippen LogP contribution in [0.5, 0.6) is 0 Å². The van der Waals surface area contributed by atoms with Crippen LogP contribution in [0.25, 0.3) is 0 Å². The molecule has 0 aliphatic carbocycles. The van der Waals surface area contributed by atoms with E-state index >= 15 is 4.39 Å². The lowest BCUT2D eigenvalue weighted by molar-refractivity contribution is -0.131. The molecule has 1 amide bonds. The average molecular weight is 559 g/mol. The van der Waals surface area contributed by atoms with Gasteiger partial charge in [0.05, 0.1) is 5.41 Å². The van der Waals surface area contributed by atoms with Gasteiger partial charge in [0.2, 0.25) is 15.9 Å². The number of amides is 1. The van der Waals surface area contributed by atoms with E-state index in [9.17, 15) is 13.2 Å². The van der Waals surface area contributed by atoms with E-state index in [-0.39, 0.29) is 24.5 Å². The van der Waals surface area contributed by atoms with Crippen LogP contribution < -0.4 is 5.32 Å². The van der Waals surface area contributed by atoms with Crippen LogP contribution in [0.3, 0.4) is 0 Å². The van der Waals surface area contributed by atoms with Crippen molar-refractivity contribution in [2.45, 2.75) is 101 Å². The van der Waals surface area contributed by atoms with Crippen molar-refractivity contribution in [1.82, 2.24) is 9.62 Å². The molecule has 2 aliphatic heterocycles. The topological polar surface area (TPSA) is 75.7 Å². The number of sulfonamides is 1. The molecule has 2 aliphatic rings. The van der Waals surface area contributed by atoms with Crippen LogP contribution in [0.4, 0.5) is 4.39 Å². The maximum absolute atomic E-state index is 15.7. The molecule has 2 atom stereocenters. The Hall–Kier alpha value is -2.29. The Morgan fingerprint density at radius 3 is 2.36 bits per heavy atom. The number of halogens is 1. The van der Waals surface area contributed by atoms with Gasteiger partial charge in [0.25, 0.3) is 0 Å². The summed E-state index contributed by atoms with van der Waals surface area (Å²) in [4.78, 5) is 13.7. The summed E-state index contributed by atoms with van der Waals surface area (Å²) in [6.45, 7) is 6.95. The van der Waals surface area contributed by atoms with Gasteiger partial charge in [-0.05, 0) is 62.6 Å². The third kappa shape index (κ3) is 6.39. The van der Waals surface area contributed by atoms with Crippen molar-refractivity contribution in [2.75, 3.05) is 13.2 Å². The smallest absolute Gasteiger partial charge is 0.231 e. The normalized spacial score (nSPS) is 23.0. The van der Waals surface area contributed by atoms with Crippen molar-refractivity contribution in [2.24, 2.45) is 0 Å². The molecule has 8 heteroatoms. The molecule has 2 aromatic rings. The molecule has 2 fully saturated rings. The highest BCUT2D eigenvalue weighted by molar-refractivity contribution is 7.89. The highest BCUT2D eigenvalue weighted by Crippen LogP contribution is 2.40. The lowest BCUT2D eigenvalue weighted by Crippen LogP contribution is -2.51. The van der Waals surface area contributed by atoms with Gasteiger partial charge in [-0.25, -0.2) is 12.8 Å². The van der Waals surface area contributed by atoms with Crippen molar-refractivity contribution < 1.29 is 22.3 Å². The molecule has 0 spiro atoms. The van der Waals surface area contributed by atoms with E-state index < -0.39 is 26.5 Å². The molecule has 2 saturated heterocycles. The van der Waals surface area contributed by atoms with E-state index in [1.54, 1.807) is 6.07 Å². The first-order valence-electron chi connectivity index (χ1n) is 14.5. The first-order valence-corrected chi connectivity index (χ1v) is 16.0. The lowest BCUT2D eigenvalue weighted by atomic mass is 9.73. The number of ether oxygens (including phenoxy) is 1. The zero-order valence-corrected chi connectivity index (χ0v) is 24.3. The molecule has 0 radical (unpaired) electrons. The quantitative estimate of drug-likeness (QED) is 0.387. The Balaban J connectivity index is 1.59. The molecule has 214 valence electrons. The van der Waals surface area contributed by atoms with Crippen molar-refractivity contribution in [1.29, 1.82) is 0 Å². The molecule has 2 heterocycles. The minimum Gasteiger partial charge on any atom is -0.381 e. The molecule has 0 bridgehead atoms. The van der Waals surface area contributed by atoms with Crippen molar-refractivity contribution in [3.63, 3.8) is 0 Å². The van der Waals surface area contributed by atoms with E-state index in [0.29, 0.717) is 50.0 Å². The van der Waals surface area contributed by atoms with Gasteiger partial charge in [0.15, 0.2) is 0 Å². The third-order valence-electron chi connectivity index (χ3n) is 8.52. The summed E-state index contributed by atoms with van der Waals surface area (Å²) in [6.07, 6.45) is 6.00. The average Bonchev–Trinajstić information content (AvgIpc) is 2.92. The molecule has 4 rings (SSSR count). The summed E-state index contributed by atoms with van der Waals surface area (Å²) in [6, 6.07) is 14.1. The summed E-state index contributed by atoms with van der Waals surface area (Å²) < 4.78 is 50.0. The van der Waals surface area contributed by atoms with Crippen molar-refractivity contribution >= 4 is 15.9 Å². The Morgan fingerprint density at radius 2 is 1.74 bits per heavy atom. The SMILES string of the molecule is CCCC(CCC)NC(=O)C1(c2ccc(CN3[C@@H](C)CC[C@H](c4ccccc4)S3(=O)=O)c(F)c2)CCOCC1. The monoisotopic (exact) mass is 558 g/mol. The van der Waals surface area contributed by atoms with E-state index in [4.69, 9.17) is 4.74 Å². The molecule has 2 aromatic carbocycles. The van der Waals surface area contributed by atoms with Crippen molar-refractivity contribution in [3.8, 4) is 0 Å². The van der Waals surface area contributed by atoms with Crippen LogP contribution in [0, 0.1) is 5.82 Å². The van der Waals surface area contributed by atoms with Crippen molar-refractivity contribution in [3.05, 3.63) is 71.0 Å². The van der Waals surface area contributed by atoms with E-state index in [0.717, 1.165) is 31.2 Å². The number of carbonyl (C=O) groups is 1. The maximum atomic E-state index is 15.7. The lowest BCUT2D eigenvalue weighted by Gasteiger charge is -2.38. The molecular weight excluding hydrogens is 515 g/mol. The summed E-state index contributed by atoms with van der Waals surface area (Å²) in [5.41, 5.74) is 0.857. The highest BCUT2D eigenvalue weighted by Gasteiger charge is 2.44. The van der Waals surface area contributed by atoms with Gasteiger partial charge in [0.1, 0.15) is 11.1 Å². The zero-order valence-electron chi connectivity index (χ0n) is 23.5. The number of rotatable bonds is 10. The second-order valence-corrected chi connectivity index (χ2v) is 13.2. The summed E-state index contributed by atoms with van der Waals surface area (Å²) in [5, 5.41) is 2.63. The second-order valence-electron chi connectivity index (χ2n) is 11.2. The summed E-state index contributed by atoms with van der Waals surface area (Å²) >= 11 is 0. The summed E-state index contributed by atoms with van der Waals surface area (Å²) in [7, 11) is -3.68. The number of nitrogens with one attached hydrogen (secondary N) is 1. The Kier molecular flexibility index (Phi) is 9.83. The van der Waals surface area contributed by atoms with Crippen LogP contribution >= 0.6 is 0 Å². The van der Waals surface area contributed by atoms with Gasteiger partial charge in [-0.15, -0.1) is 0 Å². The first kappa shape index (κ1) is 29.7.